The van der Waals surface area contributed by atoms with E-state index in [1.165, 1.54) is 28.0 Å². The molecule has 4 aromatic rings. The molecule has 1 amide bonds. The predicted molar refractivity (Wildman–Crippen MR) is 133 cm³/mol. The first-order chi connectivity index (χ1) is 16.8. The van der Waals surface area contributed by atoms with Crippen molar-refractivity contribution in [1.29, 1.82) is 0 Å². The number of hydrogen-bond donors (Lipinski definition) is 1. The van der Waals surface area contributed by atoms with E-state index in [0.717, 1.165) is 5.56 Å². The van der Waals surface area contributed by atoms with Crippen molar-refractivity contribution in [2.45, 2.75) is 26.8 Å². The number of amides is 1. The Kier molecular flexibility index (Phi) is 5.82. The average Bonchev–Trinajstić information content (AvgIpc) is 3.39. The number of allylic oxidation sites excluding steroid dienone is 1. The first-order valence-electron chi connectivity index (χ1n) is 11.0. The highest BCUT2D eigenvalue weighted by Gasteiger charge is 2.34. The fourth-order valence-electron chi connectivity index (χ4n) is 4.09. The predicted octanol–water partition coefficient (Wildman–Crippen LogP) is 4.22. The summed E-state index contributed by atoms with van der Waals surface area (Å²) in [5, 5.41) is 2.97. The summed E-state index contributed by atoms with van der Waals surface area (Å²) in [7, 11) is 0. The van der Waals surface area contributed by atoms with E-state index in [9.17, 15) is 14.0 Å². The Morgan fingerprint density at radius 1 is 1.09 bits per heavy atom. The number of nitrogens with zero attached hydrogens (tertiary/aromatic N) is 2. The summed E-state index contributed by atoms with van der Waals surface area (Å²) in [5.41, 5.74) is 2.83. The van der Waals surface area contributed by atoms with E-state index in [1.54, 1.807) is 37.3 Å². The fraction of sp³-hybridized carbons (Fsp3) is 0.148. The van der Waals surface area contributed by atoms with Gasteiger partial charge in [0.2, 0.25) is 0 Å². The number of carbonyl (C=O) groups is 1. The maximum atomic E-state index is 13.6. The lowest BCUT2D eigenvalue weighted by molar-refractivity contribution is -0.113. The van der Waals surface area contributed by atoms with Gasteiger partial charge >= 0.3 is 0 Å². The second kappa shape index (κ2) is 8.96. The van der Waals surface area contributed by atoms with Crippen LogP contribution in [0.15, 0.2) is 86.1 Å². The molecule has 0 bridgehead atoms. The van der Waals surface area contributed by atoms with E-state index in [0.29, 0.717) is 43.4 Å². The van der Waals surface area contributed by atoms with Crippen molar-refractivity contribution in [2.75, 3.05) is 5.32 Å². The van der Waals surface area contributed by atoms with E-state index in [1.807, 2.05) is 38.1 Å². The molecule has 0 unspecified atom stereocenters. The van der Waals surface area contributed by atoms with Gasteiger partial charge < -0.3 is 9.73 Å². The fourth-order valence-corrected chi connectivity index (χ4v) is 5.14. The van der Waals surface area contributed by atoms with Crippen LogP contribution < -0.4 is 20.2 Å². The van der Waals surface area contributed by atoms with Gasteiger partial charge in [-0.2, -0.15) is 0 Å². The molecule has 35 heavy (non-hydrogen) atoms. The highest BCUT2D eigenvalue weighted by molar-refractivity contribution is 7.07. The molecule has 2 aromatic heterocycles. The van der Waals surface area contributed by atoms with Crippen molar-refractivity contribution in [1.82, 2.24) is 4.57 Å². The molecule has 1 aliphatic rings. The molecule has 5 rings (SSSR count). The van der Waals surface area contributed by atoms with Crippen LogP contribution in [0.1, 0.15) is 35.6 Å². The van der Waals surface area contributed by atoms with Gasteiger partial charge in [-0.3, -0.25) is 14.2 Å². The molecule has 0 saturated carbocycles. The molecule has 1 atom stereocenters. The molecule has 3 heterocycles. The molecule has 1 aliphatic heterocycles. The molecule has 0 radical (unpaired) electrons. The highest BCUT2D eigenvalue weighted by atomic mass is 32.1. The number of nitrogens with one attached hydrogen (secondary N) is 1. The Bertz CT molecular complexity index is 1660. The lowest BCUT2D eigenvalue weighted by Gasteiger charge is -2.23. The van der Waals surface area contributed by atoms with Gasteiger partial charge in [-0.25, -0.2) is 9.38 Å². The highest BCUT2D eigenvalue weighted by Crippen LogP contribution is 2.32. The Morgan fingerprint density at radius 2 is 1.83 bits per heavy atom. The summed E-state index contributed by atoms with van der Waals surface area (Å²) >= 11 is 1.22. The Labute approximate surface area is 204 Å². The number of rotatable bonds is 4. The molecule has 176 valence electrons. The minimum atomic E-state index is -0.778. The van der Waals surface area contributed by atoms with Gasteiger partial charge in [-0.1, -0.05) is 41.7 Å². The molecular weight excluding hydrogens is 465 g/mol. The van der Waals surface area contributed by atoms with Gasteiger partial charge in [0.1, 0.15) is 23.4 Å². The normalized spacial score (nSPS) is 15.7. The number of hydrogen-bond acceptors (Lipinski definition) is 5. The van der Waals surface area contributed by atoms with Crippen LogP contribution in [0.2, 0.25) is 0 Å². The number of para-hydroxylation sites is 1. The van der Waals surface area contributed by atoms with Crippen molar-refractivity contribution in [2.24, 2.45) is 4.99 Å². The first-order valence-corrected chi connectivity index (χ1v) is 11.8. The number of carbonyl (C=O) groups excluding carboxylic acids is 1. The maximum absolute atomic E-state index is 13.6. The molecular formula is C27H22FN3O3S. The molecule has 0 aliphatic carbocycles. The monoisotopic (exact) mass is 487 g/mol. The van der Waals surface area contributed by atoms with Gasteiger partial charge in [0.05, 0.1) is 15.8 Å². The van der Waals surface area contributed by atoms with Crippen LogP contribution in [0.25, 0.3) is 6.08 Å². The number of anilines is 1. The standard InChI is InChI=1S/C27H22FN3O3S/c1-15-6-4-5-7-20(15)30-25(32)23-17(3)29-27-31(24(23)21-13-8-16(2)34-21)26(33)22(35-27)14-18-9-11-19(28)12-10-18/h4-14,24H,1-3H3,(H,30,32)/b22-14+/t24-/m0/s1. The van der Waals surface area contributed by atoms with Crippen LogP contribution in [0, 0.1) is 19.7 Å². The molecule has 0 spiro atoms. The molecule has 0 fully saturated rings. The number of halogens is 1. The third kappa shape index (κ3) is 4.28. The number of fused-ring (bicyclic) bond motifs is 1. The number of benzene rings is 2. The zero-order valence-corrected chi connectivity index (χ0v) is 20.2. The first kappa shape index (κ1) is 22.7. The van der Waals surface area contributed by atoms with Crippen molar-refractivity contribution in [3.8, 4) is 0 Å². The van der Waals surface area contributed by atoms with E-state index in [4.69, 9.17) is 4.42 Å². The van der Waals surface area contributed by atoms with Crippen LogP contribution >= 0.6 is 11.3 Å². The molecule has 6 nitrogen and oxygen atoms in total. The molecule has 0 saturated heterocycles. The van der Waals surface area contributed by atoms with Crippen LogP contribution in [0.5, 0.6) is 0 Å². The summed E-state index contributed by atoms with van der Waals surface area (Å²) in [4.78, 5) is 32.2. The zero-order chi connectivity index (χ0) is 24.7. The molecule has 1 N–H and O–H groups in total. The summed E-state index contributed by atoms with van der Waals surface area (Å²) < 4.78 is 21.2. The van der Waals surface area contributed by atoms with E-state index in [-0.39, 0.29) is 17.3 Å². The topological polar surface area (TPSA) is 76.6 Å². The average molecular weight is 488 g/mol. The van der Waals surface area contributed by atoms with Crippen molar-refractivity contribution < 1.29 is 13.6 Å². The van der Waals surface area contributed by atoms with E-state index < -0.39 is 6.04 Å². The second-order valence-electron chi connectivity index (χ2n) is 8.35. The third-order valence-corrected chi connectivity index (χ3v) is 6.84. The summed E-state index contributed by atoms with van der Waals surface area (Å²) in [6, 6.07) is 16.2. The van der Waals surface area contributed by atoms with E-state index in [2.05, 4.69) is 10.3 Å². The van der Waals surface area contributed by atoms with Gasteiger partial charge in [0.15, 0.2) is 4.80 Å². The maximum Gasteiger partial charge on any atom is 0.271 e. The summed E-state index contributed by atoms with van der Waals surface area (Å²) in [5.74, 6) is 0.437. The van der Waals surface area contributed by atoms with Crippen LogP contribution in [0.4, 0.5) is 10.1 Å². The number of aryl methyl sites for hydroxylation is 2. The zero-order valence-electron chi connectivity index (χ0n) is 19.3. The van der Waals surface area contributed by atoms with Gasteiger partial charge in [-0.05, 0) is 68.3 Å². The lowest BCUT2D eigenvalue weighted by atomic mass is 10.00. The number of thiazole rings is 1. The summed E-state index contributed by atoms with van der Waals surface area (Å²) in [6.45, 7) is 5.48. The number of aromatic nitrogens is 1. The molecule has 8 heteroatoms. The lowest BCUT2D eigenvalue weighted by Crippen LogP contribution is -2.40. The minimum Gasteiger partial charge on any atom is -0.464 e. The second-order valence-corrected chi connectivity index (χ2v) is 9.36. The van der Waals surface area contributed by atoms with Gasteiger partial charge in [0, 0.05) is 5.69 Å². The SMILES string of the molecule is CC1=C(C(=O)Nc2ccccc2C)[C@H](c2ccc(C)o2)n2c(s/c(=C/c3ccc(F)cc3)c2=O)=N1. The summed E-state index contributed by atoms with van der Waals surface area (Å²) in [6.07, 6.45) is 1.69. The Morgan fingerprint density at radius 3 is 2.51 bits per heavy atom. The van der Waals surface area contributed by atoms with Crippen molar-refractivity contribution in [3.63, 3.8) is 0 Å². The smallest absolute Gasteiger partial charge is 0.271 e. The largest absolute Gasteiger partial charge is 0.464 e. The quantitative estimate of drug-likeness (QED) is 0.468. The minimum absolute atomic E-state index is 0.300. The Balaban J connectivity index is 1.66. The van der Waals surface area contributed by atoms with Crippen molar-refractivity contribution in [3.05, 3.63) is 120 Å². The molecule has 2 aromatic carbocycles. The van der Waals surface area contributed by atoms with Gasteiger partial charge in [0.25, 0.3) is 11.5 Å². The van der Waals surface area contributed by atoms with Crippen LogP contribution in [0.3, 0.4) is 0 Å². The van der Waals surface area contributed by atoms with E-state index >= 15 is 0 Å². The van der Waals surface area contributed by atoms with Gasteiger partial charge in [-0.15, -0.1) is 0 Å². The third-order valence-electron chi connectivity index (χ3n) is 5.86. The van der Waals surface area contributed by atoms with Crippen LogP contribution in [-0.4, -0.2) is 10.5 Å². The number of furan rings is 1. The van der Waals surface area contributed by atoms with Crippen molar-refractivity contribution >= 4 is 29.0 Å². The Hall–Kier alpha value is -4.04. The van der Waals surface area contributed by atoms with Crippen LogP contribution in [-0.2, 0) is 4.79 Å².